The summed E-state index contributed by atoms with van der Waals surface area (Å²) in [4.78, 5) is 3.88. The van der Waals surface area contributed by atoms with Gasteiger partial charge in [0, 0.05) is 17.3 Å². The van der Waals surface area contributed by atoms with Crippen molar-refractivity contribution in [1.82, 2.24) is 4.90 Å². The van der Waals surface area contributed by atoms with Crippen LogP contribution in [0.4, 0.5) is 0 Å². The van der Waals surface area contributed by atoms with E-state index in [4.69, 9.17) is 11.1 Å². The highest BCUT2D eigenvalue weighted by Crippen LogP contribution is 2.20. The van der Waals surface area contributed by atoms with Gasteiger partial charge in [0.2, 0.25) is 0 Å². The summed E-state index contributed by atoms with van der Waals surface area (Å²) in [6.07, 6.45) is 2.08. The Morgan fingerprint density at radius 1 is 1.53 bits per heavy atom. The molecule has 3 N–H and O–H groups in total. The fraction of sp³-hybridized carbons (Fsp3) is 0.545. The first kappa shape index (κ1) is 10.6. The summed E-state index contributed by atoms with van der Waals surface area (Å²) in [7, 11) is 0. The number of thiophene rings is 1. The van der Waals surface area contributed by atoms with Crippen molar-refractivity contribution in [2.45, 2.75) is 19.4 Å². The van der Waals surface area contributed by atoms with Crippen molar-refractivity contribution in [2.75, 3.05) is 13.1 Å². The van der Waals surface area contributed by atoms with Crippen LogP contribution in [0, 0.1) is 11.3 Å². The van der Waals surface area contributed by atoms with Crippen LogP contribution in [0.3, 0.4) is 0 Å². The number of amidine groups is 1. The van der Waals surface area contributed by atoms with Crippen molar-refractivity contribution < 1.29 is 0 Å². The summed E-state index contributed by atoms with van der Waals surface area (Å²) in [5, 5.41) is 9.54. The first-order valence-electron chi connectivity index (χ1n) is 5.34. The van der Waals surface area contributed by atoms with E-state index in [1.54, 1.807) is 0 Å². The van der Waals surface area contributed by atoms with Crippen molar-refractivity contribution in [3.63, 3.8) is 0 Å². The standard InChI is InChI=1S/C11H17N3S/c12-11(13)9-3-5-14(6-4-9)8-10-2-1-7-15-10/h1-2,7,9H,3-6,8H2,(H3,12,13). The lowest BCUT2D eigenvalue weighted by Gasteiger charge is -2.30. The molecule has 0 aromatic carbocycles. The molecule has 0 aliphatic carbocycles. The lowest BCUT2D eigenvalue weighted by Crippen LogP contribution is -2.37. The molecule has 0 radical (unpaired) electrons. The van der Waals surface area contributed by atoms with Gasteiger partial charge in [0.05, 0.1) is 5.84 Å². The topological polar surface area (TPSA) is 53.1 Å². The van der Waals surface area contributed by atoms with Crippen LogP contribution in [0.1, 0.15) is 17.7 Å². The van der Waals surface area contributed by atoms with Crippen molar-refractivity contribution in [3.8, 4) is 0 Å². The third-order valence-electron chi connectivity index (χ3n) is 2.99. The third-order valence-corrected chi connectivity index (χ3v) is 3.85. The first-order valence-corrected chi connectivity index (χ1v) is 6.22. The van der Waals surface area contributed by atoms with Crippen molar-refractivity contribution >= 4 is 17.2 Å². The van der Waals surface area contributed by atoms with Gasteiger partial charge >= 0.3 is 0 Å². The number of hydrogen-bond acceptors (Lipinski definition) is 3. The molecular formula is C11H17N3S. The third kappa shape index (κ3) is 2.79. The van der Waals surface area contributed by atoms with Crippen LogP contribution < -0.4 is 5.73 Å². The van der Waals surface area contributed by atoms with E-state index in [2.05, 4.69) is 22.4 Å². The second kappa shape index (κ2) is 4.77. The lowest BCUT2D eigenvalue weighted by atomic mass is 9.96. The molecule has 0 saturated carbocycles. The monoisotopic (exact) mass is 223 g/mol. The van der Waals surface area contributed by atoms with Crippen LogP contribution in [0.2, 0.25) is 0 Å². The molecule has 1 aliphatic heterocycles. The maximum absolute atomic E-state index is 7.41. The molecule has 15 heavy (non-hydrogen) atoms. The Kier molecular flexibility index (Phi) is 3.38. The molecule has 0 atom stereocenters. The summed E-state index contributed by atoms with van der Waals surface area (Å²) in [5.41, 5.74) is 5.52. The zero-order chi connectivity index (χ0) is 10.7. The molecule has 1 fully saturated rings. The molecule has 2 rings (SSSR count). The molecule has 1 aliphatic rings. The Labute approximate surface area is 94.4 Å². The molecule has 1 aromatic heterocycles. The molecule has 3 nitrogen and oxygen atoms in total. The Morgan fingerprint density at radius 3 is 2.80 bits per heavy atom. The van der Waals surface area contributed by atoms with Crippen LogP contribution in [-0.2, 0) is 6.54 Å². The van der Waals surface area contributed by atoms with E-state index in [9.17, 15) is 0 Å². The van der Waals surface area contributed by atoms with Crippen molar-refractivity contribution in [2.24, 2.45) is 11.7 Å². The predicted molar refractivity (Wildman–Crippen MR) is 64.2 cm³/mol. The maximum Gasteiger partial charge on any atom is 0.0937 e. The minimum Gasteiger partial charge on any atom is -0.387 e. The highest BCUT2D eigenvalue weighted by atomic mass is 32.1. The number of nitrogens with zero attached hydrogens (tertiary/aromatic N) is 1. The second-order valence-corrected chi connectivity index (χ2v) is 5.12. The molecule has 82 valence electrons. The molecule has 0 bridgehead atoms. The van der Waals surface area contributed by atoms with Gasteiger partial charge in [-0.25, -0.2) is 0 Å². The van der Waals surface area contributed by atoms with E-state index < -0.39 is 0 Å². The molecule has 0 spiro atoms. The van der Waals surface area contributed by atoms with E-state index in [-0.39, 0.29) is 0 Å². The predicted octanol–water partition coefficient (Wildman–Crippen LogP) is 1.90. The average Bonchev–Trinajstić information content (AvgIpc) is 2.71. The van der Waals surface area contributed by atoms with Crippen molar-refractivity contribution in [1.29, 1.82) is 5.41 Å². The minimum atomic E-state index is 0.324. The fourth-order valence-electron chi connectivity index (χ4n) is 2.03. The van der Waals surface area contributed by atoms with Gasteiger partial charge in [-0.05, 0) is 37.4 Å². The Hall–Kier alpha value is -0.870. The SMILES string of the molecule is N=C(N)C1CCN(Cc2cccs2)CC1. The molecule has 1 aromatic rings. The van der Waals surface area contributed by atoms with Gasteiger partial charge in [-0.1, -0.05) is 6.07 Å². The Bertz CT molecular complexity index is 313. The van der Waals surface area contributed by atoms with E-state index in [1.807, 2.05) is 11.3 Å². The maximum atomic E-state index is 7.41. The van der Waals surface area contributed by atoms with Crippen LogP contribution in [0.15, 0.2) is 17.5 Å². The van der Waals surface area contributed by atoms with Gasteiger partial charge in [0.15, 0.2) is 0 Å². The van der Waals surface area contributed by atoms with Gasteiger partial charge in [-0.2, -0.15) is 0 Å². The first-order chi connectivity index (χ1) is 7.25. The summed E-state index contributed by atoms with van der Waals surface area (Å²) >= 11 is 1.82. The molecule has 1 saturated heterocycles. The molecular weight excluding hydrogens is 206 g/mol. The van der Waals surface area contributed by atoms with Gasteiger partial charge in [0.25, 0.3) is 0 Å². The Morgan fingerprint density at radius 2 is 2.27 bits per heavy atom. The van der Waals surface area contributed by atoms with Gasteiger partial charge in [-0.15, -0.1) is 11.3 Å². The van der Waals surface area contributed by atoms with E-state index in [1.165, 1.54) is 4.88 Å². The fourth-order valence-corrected chi connectivity index (χ4v) is 2.77. The summed E-state index contributed by atoms with van der Waals surface area (Å²) in [5.74, 6) is 0.690. The second-order valence-electron chi connectivity index (χ2n) is 4.09. The summed E-state index contributed by atoms with van der Waals surface area (Å²) < 4.78 is 0. The van der Waals surface area contributed by atoms with E-state index in [0.29, 0.717) is 11.8 Å². The van der Waals surface area contributed by atoms with Crippen LogP contribution in [0.25, 0.3) is 0 Å². The number of piperidine rings is 1. The molecule has 2 heterocycles. The molecule has 0 amide bonds. The number of hydrogen-bond donors (Lipinski definition) is 2. The number of likely N-dealkylation sites (tertiary alicyclic amines) is 1. The lowest BCUT2D eigenvalue weighted by molar-refractivity contribution is 0.203. The number of nitrogens with two attached hydrogens (primary N) is 1. The molecule has 4 heteroatoms. The normalized spacial score (nSPS) is 19.2. The number of nitrogens with one attached hydrogen (secondary N) is 1. The van der Waals surface area contributed by atoms with Crippen LogP contribution in [0.5, 0.6) is 0 Å². The zero-order valence-corrected chi connectivity index (χ0v) is 9.59. The average molecular weight is 223 g/mol. The largest absolute Gasteiger partial charge is 0.387 e. The highest BCUT2D eigenvalue weighted by Gasteiger charge is 2.21. The smallest absolute Gasteiger partial charge is 0.0937 e. The van der Waals surface area contributed by atoms with Gasteiger partial charge in [-0.3, -0.25) is 10.3 Å². The Balaban J connectivity index is 1.81. The summed E-state index contributed by atoms with van der Waals surface area (Å²) in [6.45, 7) is 3.20. The van der Waals surface area contributed by atoms with Gasteiger partial charge < -0.3 is 5.73 Å². The van der Waals surface area contributed by atoms with Crippen molar-refractivity contribution in [3.05, 3.63) is 22.4 Å². The highest BCUT2D eigenvalue weighted by molar-refractivity contribution is 7.09. The summed E-state index contributed by atoms with van der Waals surface area (Å²) in [6, 6.07) is 4.28. The van der Waals surface area contributed by atoms with E-state index >= 15 is 0 Å². The number of rotatable bonds is 3. The van der Waals surface area contributed by atoms with E-state index in [0.717, 1.165) is 32.5 Å². The van der Waals surface area contributed by atoms with Crippen LogP contribution >= 0.6 is 11.3 Å². The zero-order valence-electron chi connectivity index (χ0n) is 8.78. The van der Waals surface area contributed by atoms with Gasteiger partial charge in [0.1, 0.15) is 0 Å². The minimum absolute atomic E-state index is 0.324. The van der Waals surface area contributed by atoms with Crippen LogP contribution in [-0.4, -0.2) is 23.8 Å². The molecule has 0 unspecified atom stereocenters. The quantitative estimate of drug-likeness (QED) is 0.607.